The molecule has 1 aromatic heterocycles. The van der Waals surface area contributed by atoms with Crippen LogP contribution in [0.25, 0.3) is 0 Å². The summed E-state index contributed by atoms with van der Waals surface area (Å²) in [7, 11) is 3.53. The molecule has 0 amide bonds. The van der Waals surface area contributed by atoms with E-state index in [0.29, 0.717) is 11.7 Å². The van der Waals surface area contributed by atoms with Gasteiger partial charge in [-0.2, -0.15) is 0 Å². The number of aromatic nitrogens is 2. The van der Waals surface area contributed by atoms with Gasteiger partial charge in [0.2, 0.25) is 0 Å². The lowest BCUT2D eigenvalue weighted by molar-refractivity contribution is 0.133. The van der Waals surface area contributed by atoms with Crippen LogP contribution in [0, 0.1) is 5.92 Å². The molecule has 2 heterocycles. The number of anilines is 1. The molecule has 8 heteroatoms. The molecule has 0 spiro atoms. The SMILES string of the molecule is CN=C(NCC1CCCC1O)N1CCN(c2nccn(C)c2=O)CC1. The fourth-order valence-electron chi connectivity index (χ4n) is 3.64. The van der Waals surface area contributed by atoms with Crippen molar-refractivity contribution in [3.63, 3.8) is 0 Å². The fourth-order valence-corrected chi connectivity index (χ4v) is 3.64. The average molecular weight is 348 g/mol. The topological polar surface area (TPSA) is 86.0 Å². The van der Waals surface area contributed by atoms with Gasteiger partial charge in [-0.05, 0) is 12.8 Å². The third-order valence-electron chi connectivity index (χ3n) is 5.23. The molecule has 0 aromatic carbocycles. The van der Waals surface area contributed by atoms with E-state index in [-0.39, 0.29) is 11.7 Å². The van der Waals surface area contributed by atoms with Gasteiger partial charge in [0.1, 0.15) is 0 Å². The Balaban J connectivity index is 1.55. The van der Waals surface area contributed by atoms with Gasteiger partial charge >= 0.3 is 0 Å². The molecular weight excluding hydrogens is 320 g/mol. The second-order valence-corrected chi connectivity index (χ2v) is 6.83. The van der Waals surface area contributed by atoms with E-state index >= 15 is 0 Å². The number of aryl methyl sites for hydroxylation is 1. The fraction of sp³-hybridized carbons (Fsp3) is 0.706. The first-order valence-corrected chi connectivity index (χ1v) is 9.00. The monoisotopic (exact) mass is 348 g/mol. The predicted molar refractivity (Wildman–Crippen MR) is 98.0 cm³/mol. The lowest BCUT2D eigenvalue weighted by atomic mass is 10.1. The average Bonchev–Trinajstić information content (AvgIpc) is 3.04. The summed E-state index contributed by atoms with van der Waals surface area (Å²) < 4.78 is 1.56. The van der Waals surface area contributed by atoms with Crippen molar-refractivity contribution in [3.8, 4) is 0 Å². The van der Waals surface area contributed by atoms with Crippen molar-refractivity contribution in [2.45, 2.75) is 25.4 Å². The first-order chi connectivity index (χ1) is 12.1. The van der Waals surface area contributed by atoms with Crippen LogP contribution in [0.5, 0.6) is 0 Å². The summed E-state index contributed by atoms with van der Waals surface area (Å²) in [4.78, 5) is 25.1. The summed E-state index contributed by atoms with van der Waals surface area (Å²) in [6.07, 6.45) is 6.22. The molecule has 0 radical (unpaired) electrons. The number of nitrogens with zero attached hydrogens (tertiary/aromatic N) is 5. The number of aliphatic hydroxyl groups excluding tert-OH is 1. The Hall–Kier alpha value is -2.09. The summed E-state index contributed by atoms with van der Waals surface area (Å²) in [6, 6.07) is 0. The Kier molecular flexibility index (Phi) is 5.57. The van der Waals surface area contributed by atoms with Crippen LogP contribution in [-0.2, 0) is 7.05 Å². The second-order valence-electron chi connectivity index (χ2n) is 6.83. The van der Waals surface area contributed by atoms with Gasteiger partial charge in [0.25, 0.3) is 5.56 Å². The molecule has 2 fully saturated rings. The quantitative estimate of drug-likeness (QED) is 0.573. The minimum Gasteiger partial charge on any atom is -0.393 e. The molecule has 0 bridgehead atoms. The van der Waals surface area contributed by atoms with E-state index in [0.717, 1.165) is 57.9 Å². The van der Waals surface area contributed by atoms with Gasteiger partial charge in [-0.25, -0.2) is 4.98 Å². The van der Waals surface area contributed by atoms with E-state index in [1.165, 1.54) is 0 Å². The first-order valence-electron chi connectivity index (χ1n) is 9.00. The van der Waals surface area contributed by atoms with Crippen molar-refractivity contribution in [1.82, 2.24) is 19.8 Å². The van der Waals surface area contributed by atoms with Crippen LogP contribution in [-0.4, -0.2) is 71.4 Å². The number of piperazine rings is 1. The minimum absolute atomic E-state index is 0.0614. The highest BCUT2D eigenvalue weighted by molar-refractivity contribution is 5.80. The zero-order chi connectivity index (χ0) is 17.8. The summed E-state index contributed by atoms with van der Waals surface area (Å²) in [5.74, 6) is 1.70. The summed E-state index contributed by atoms with van der Waals surface area (Å²) in [6.45, 7) is 3.80. The molecule has 138 valence electrons. The van der Waals surface area contributed by atoms with Gasteiger partial charge in [0.15, 0.2) is 11.8 Å². The Morgan fingerprint density at radius 2 is 2.12 bits per heavy atom. The molecule has 1 aliphatic heterocycles. The van der Waals surface area contributed by atoms with Crippen molar-refractivity contribution in [1.29, 1.82) is 0 Å². The normalized spacial score (nSPS) is 24.7. The van der Waals surface area contributed by atoms with E-state index < -0.39 is 0 Å². The Morgan fingerprint density at radius 3 is 2.76 bits per heavy atom. The van der Waals surface area contributed by atoms with Gasteiger partial charge in [-0.3, -0.25) is 9.79 Å². The van der Waals surface area contributed by atoms with Crippen LogP contribution >= 0.6 is 0 Å². The van der Waals surface area contributed by atoms with E-state index in [4.69, 9.17) is 0 Å². The summed E-state index contributed by atoms with van der Waals surface area (Å²) >= 11 is 0. The van der Waals surface area contributed by atoms with Gasteiger partial charge in [-0.1, -0.05) is 6.42 Å². The lowest BCUT2D eigenvalue weighted by Gasteiger charge is -2.37. The highest BCUT2D eigenvalue weighted by Gasteiger charge is 2.27. The third kappa shape index (κ3) is 3.95. The van der Waals surface area contributed by atoms with E-state index in [1.807, 2.05) is 4.90 Å². The second kappa shape index (κ2) is 7.86. The lowest BCUT2D eigenvalue weighted by Crippen LogP contribution is -2.54. The minimum atomic E-state index is -0.192. The molecule has 2 unspecified atom stereocenters. The molecule has 2 N–H and O–H groups in total. The van der Waals surface area contributed by atoms with Crippen LogP contribution in [0.4, 0.5) is 5.82 Å². The Labute approximate surface area is 148 Å². The van der Waals surface area contributed by atoms with Crippen LogP contribution < -0.4 is 15.8 Å². The molecule has 1 saturated heterocycles. The molecule has 2 aliphatic rings. The molecule has 3 rings (SSSR count). The van der Waals surface area contributed by atoms with Crippen molar-refractivity contribution < 1.29 is 5.11 Å². The maximum atomic E-state index is 12.2. The third-order valence-corrected chi connectivity index (χ3v) is 5.23. The number of hydrogen-bond acceptors (Lipinski definition) is 5. The molecule has 1 aliphatic carbocycles. The van der Waals surface area contributed by atoms with E-state index in [1.54, 1.807) is 31.1 Å². The molecule has 1 saturated carbocycles. The number of aliphatic hydroxyl groups is 1. The zero-order valence-electron chi connectivity index (χ0n) is 15.1. The maximum absolute atomic E-state index is 12.2. The van der Waals surface area contributed by atoms with E-state index in [9.17, 15) is 9.90 Å². The largest absolute Gasteiger partial charge is 0.393 e. The maximum Gasteiger partial charge on any atom is 0.293 e. The molecule has 2 atom stereocenters. The number of rotatable bonds is 3. The van der Waals surface area contributed by atoms with Crippen LogP contribution in [0.15, 0.2) is 22.2 Å². The van der Waals surface area contributed by atoms with Crippen molar-refractivity contribution in [3.05, 3.63) is 22.7 Å². The van der Waals surface area contributed by atoms with Crippen LogP contribution in [0.1, 0.15) is 19.3 Å². The predicted octanol–water partition coefficient (Wildman–Crippen LogP) is -0.361. The number of guanidine groups is 1. The van der Waals surface area contributed by atoms with Crippen molar-refractivity contribution >= 4 is 11.8 Å². The van der Waals surface area contributed by atoms with Gasteiger partial charge in [-0.15, -0.1) is 0 Å². The summed E-state index contributed by atoms with van der Waals surface area (Å²) in [5, 5.41) is 13.4. The van der Waals surface area contributed by atoms with Crippen molar-refractivity contribution in [2.75, 3.05) is 44.7 Å². The van der Waals surface area contributed by atoms with E-state index in [2.05, 4.69) is 20.2 Å². The zero-order valence-corrected chi connectivity index (χ0v) is 15.1. The molecular formula is C17H28N6O2. The van der Waals surface area contributed by atoms with Gasteiger partial charge in [0.05, 0.1) is 6.10 Å². The van der Waals surface area contributed by atoms with Gasteiger partial charge in [0, 0.05) is 65.1 Å². The summed E-state index contributed by atoms with van der Waals surface area (Å²) in [5.41, 5.74) is -0.0614. The van der Waals surface area contributed by atoms with Crippen molar-refractivity contribution in [2.24, 2.45) is 18.0 Å². The smallest absolute Gasteiger partial charge is 0.293 e. The highest BCUT2D eigenvalue weighted by atomic mass is 16.3. The Morgan fingerprint density at radius 1 is 1.36 bits per heavy atom. The number of hydrogen-bond donors (Lipinski definition) is 2. The molecule has 8 nitrogen and oxygen atoms in total. The molecule has 1 aromatic rings. The number of aliphatic imine (C=N–C) groups is 1. The first kappa shape index (κ1) is 17.7. The highest BCUT2D eigenvalue weighted by Crippen LogP contribution is 2.24. The van der Waals surface area contributed by atoms with Gasteiger partial charge < -0.3 is 24.8 Å². The standard InChI is InChI=1S/C17H28N6O2/c1-18-17(20-12-13-4-3-5-14(13)24)23-10-8-22(9-11-23)15-16(25)21(2)7-6-19-15/h6-7,13-14,24H,3-5,8-12H2,1-2H3,(H,18,20). The Bertz CT molecular complexity index is 665. The van der Waals surface area contributed by atoms with Crippen LogP contribution in [0.3, 0.4) is 0 Å². The number of nitrogens with one attached hydrogen (secondary N) is 1. The molecule has 25 heavy (non-hydrogen) atoms. The van der Waals surface area contributed by atoms with Crippen LogP contribution in [0.2, 0.25) is 0 Å².